The molecule has 7 heteroatoms. The SMILES string of the molecule is Cl.O=C(c1cccc(O)c1)c1cnn([C@H]2CCCN2)n1. The summed E-state index contributed by atoms with van der Waals surface area (Å²) in [6, 6.07) is 6.23. The highest BCUT2D eigenvalue weighted by atomic mass is 35.5. The number of nitrogens with zero attached hydrogens (tertiary/aromatic N) is 3. The molecule has 0 radical (unpaired) electrons. The minimum absolute atomic E-state index is 0. The summed E-state index contributed by atoms with van der Waals surface area (Å²) in [5, 5.41) is 21.0. The number of aromatic nitrogens is 3. The highest BCUT2D eigenvalue weighted by Crippen LogP contribution is 2.16. The molecule has 1 saturated heterocycles. The number of phenols is 1. The second-order valence-electron chi connectivity index (χ2n) is 4.54. The van der Waals surface area contributed by atoms with Crippen LogP contribution in [-0.4, -0.2) is 32.4 Å². The number of aromatic hydroxyl groups is 1. The number of nitrogens with one attached hydrogen (secondary N) is 1. The Morgan fingerprint density at radius 2 is 2.30 bits per heavy atom. The summed E-state index contributed by atoms with van der Waals surface area (Å²) in [7, 11) is 0. The van der Waals surface area contributed by atoms with Crippen molar-refractivity contribution >= 4 is 18.2 Å². The number of benzene rings is 1. The topological polar surface area (TPSA) is 80.0 Å². The minimum atomic E-state index is -0.236. The van der Waals surface area contributed by atoms with Crippen LogP contribution in [0.4, 0.5) is 0 Å². The highest BCUT2D eigenvalue weighted by molar-refractivity contribution is 6.07. The summed E-state index contributed by atoms with van der Waals surface area (Å²) < 4.78 is 0. The van der Waals surface area contributed by atoms with Crippen LogP contribution in [0.1, 0.15) is 35.1 Å². The Morgan fingerprint density at radius 1 is 1.45 bits per heavy atom. The summed E-state index contributed by atoms with van der Waals surface area (Å²) >= 11 is 0. The maximum absolute atomic E-state index is 12.2. The number of hydrogen-bond acceptors (Lipinski definition) is 5. The Morgan fingerprint density at radius 3 is 3.00 bits per heavy atom. The van der Waals surface area contributed by atoms with Gasteiger partial charge in [0.1, 0.15) is 11.9 Å². The van der Waals surface area contributed by atoms with Crippen LogP contribution in [0.15, 0.2) is 30.5 Å². The Kier molecular flexibility index (Phi) is 4.36. The van der Waals surface area contributed by atoms with E-state index in [-0.39, 0.29) is 30.1 Å². The molecule has 20 heavy (non-hydrogen) atoms. The van der Waals surface area contributed by atoms with E-state index in [2.05, 4.69) is 15.5 Å². The average Bonchev–Trinajstić information content (AvgIpc) is 3.08. The van der Waals surface area contributed by atoms with Crippen molar-refractivity contribution in [1.82, 2.24) is 20.3 Å². The molecule has 106 valence electrons. The molecule has 1 atom stereocenters. The smallest absolute Gasteiger partial charge is 0.215 e. The molecule has 1 aromatic carbocycles. The van der Waals surface area contributed by atoms with Crippen molar-refractivity contribution in [2.45, 2.75) is 19.0 Å². The molecule has 2 N–H and O–H groups in total. The molecule has 0 bridgehead atoms. The molecule has 0 saturated carbocycles. The van der Waals surface area contributed by atoms with Crippen molar-refractivity contribution in [2.75, 3.05) is 6.54 Å². The second kappa shape index (κ2) is 6.02. The van der Waals surface area contributed by atoms with Gasteiger partial charge in [0.2, 0.25) is 5.78 Å². The Labute approximate surface area is 122 Å². The van der Waals surface area contributed by atoms with Gasteiger partial charge in [0.15, 0.2) is 5.69 Å². The Hall–Kier alpha value is -1.92. The van der Waals surface area contributed by atoms with Gasteiger partial charge in [-0.2, -0.15) is 9.90 Å². The Balaban J connectivity index is 0.00000147. The average molecular weight is 295 g/mol. The lowest BCUT2D eigenvalue weighted by atomic mass is 10.1. The molecular weight excluding hydrogens is 280 g/mol. The number of halogens is 1. The summed E-state index contributed by atoms with van der Waals surface area (Å²) in [5.74, 6) is -0.171. The van der Waals surface area contributed by atoms with Gasteiger partial charge >= 0.3 is 0 Å². The zero-order valence-electron chi connectivity index (χ0n) is 10.7. The predicted octanol–water partition coefficient (Wildman–Crippen LogP) is 1.52. The van der Waals surface area contributed by atoms with E-state index < -0.39 is 0 Å². The van der Waals surface area contributed by atoms with E-state index >= 15 is 0 Å². The van der Waals surface area contributed by atoms with Crippen LogP contribution in [0.2, 0.25) is 0 Å². The number of ketones is 1. The van der Waals surface area contributed by atoms with E-state index in [1.165, 1.54) is 18.3 Å². The van der Waals surface area contributed by atoms with E-state index in [1.807, 2.05) is 0 Å². The lowest BCUT2D eigenvalue weighted by Crippen LogP contribution is -2.22. The van der Waals surface area contributed by atoms with Gasteiger partial charge in [0.05, 0.1) is 6.20 Å². The van der Waals surface area contributed by atoms with Crippen molar-refractivity contribution < 1.29 is 9.90 Å². The molecule has 0 unspecified atom stereocenters. The van der Waals surface area contributed by atoms with Crippen molar-refractivity contribution in [2.24, 2.45) is 0 Å². The number of phenolic OH excluding ortho intramolecular Hbond substituents is 1. The zero-order valence-corrected chi connectivity index (χ0v) is 11.5. The van der Waals surface area contributed by atoms with E-state index in [0.717, 1.165) is 19.4 Å². The van der Waals surface area contributed by atoms with Gasteiger partial charge in [-0.05, 0) is 31.5 Å². The number of hydrogen-bond donors (Lipinski definition) is 2. The summed E-state index contributed by atoms with van der Waals surface area (Å²) in [6.07, 6.45) is 3.59. The summed E-state index contributed by atoms with van der Waals surface area (Å²) in [4.78, 5) is 13.7. The molecule has 0 spiro atoms. The molecule has 6 nitrogen and oxygen atoms in total. The van der Waals surface area contributed by atoms with E-state index in [4.69, 9.17) is 0 Å². The predicted molar refractivity (Wildman–Crippen MR) is 75.1 cm³/mol. The fourth-order valence-electron chi connectivity index (χ4n) is 2.19. The minimum Gasteiger partial charge on any atom is -0.508 e. The molecule has 2 heterocycles. The molecule has 1 aromatic heterocycles. The first-order chi connectivity index (χ1) is 9.24. The fraction of sp³-hybridized carbons (Fsp3) is 0.308. The van der Waals surface area contributed by atoms with E-state index in [1.54, 1.807) is 16.9 Å². The zero-order chi connectivity index (χ0) is 13.2. The third-order valence-corrected chi connectivity index (χ3v) is 3.16. The number of rotatable bonds is 3. The van der Waals surface area contributed by atoms with Crippen molar-refractivity contribution in [3.8, 4) is 5.75 Å². The van der Waals surface area contributed by atoms with Gasteiger partial charge in [-0.25, -0.2) is 0 Å². The third-order valence-electron chi connectivity index (χ3n) is 3.16. The van der Waals surface area contributed by atoms with Crippen LogP contribution in [-0.2, 0) is 0 Å². The standard InChI is InChI=1S/C13H14N4O2.ClH/c18-10-4-1-3-9(7-10)13(19)11-8-15-17(16-11)12-5-2-6-14-12;/h1,3-4,7-8,12,14,18H,2,5-6H2;1H/t12-;/m0./s1. The van der Waals surface area contributed by atoms with Gasteiger partial charge < -0.3 is 5.11 Å². The first-order valence-electron chi connectivity index (χ1n) is 6.23. The maximum Gasteiger partial charge on any atom is 0.215 e. The summed E-state index contributed by atoms with van der Waals surface area (Å²) in [6.45, 7) is 0.946. The van der Waals surface area contributed by atoms with Crippen LogP contribution < -0.4 is 5.32 Å². The molecule has 1 aliphatic rings. The first kappa shape index (κ1) is 14.5. The van der Waals surface area contributed by atoms with Crippen LogP contribution in [0.25, 0.3) is 0 Å². The van der Waals surface area contributed by atoms with Gasteiger partial charge in [-0.1, -0.05) is 12.1 Å². The molecule has 1 aliphatic heterocycles. The Bertz CT molecular complexity index is 608. The van der Waals surface area contributed by atoms with Crippen molar-refractivity contribution in [1.29, 1.82) is 0 Å². The van der Waals surface area contributed by atoms with Gasteiger partial charge in [-0.15, -0.1) is 17.5 Å². The van der Waals surface area contributed by atoms with Gasteiger partial charge in [0, 0.05) is 5.56 Å². The molecular formula is C13H15ClN4O2. The lowest BCUT2D eigenvalue weighted by Gasteiger charge is -2.07. The second-order valence-corrected chi connectivity index (χ2v) is 4.54. The van der Waals surface area contributed by atoms with Crippen molar-refractivity contribution in [3.05, 3.63) is 41.7 Å². The van der Waals surface area contributed by atoms with Crippen LogP contribution in [0.5, 0.6) is 5.75 Å². The van der Waals surface area contributed by atoms with E-state index in [0.29, 0.717) is 11.3 Å². The molecule has 0 amide bonds. The van der Waals surface area contributed by atoms with Gasteiger partial charge in [0.25, 0.3) is 0 Å². The van der Waals surface area contributed by atoms with Crippen LogP contribution in [0, 0.1) is 0 Å². The normalized spacial score (nSPS) is 17.7. The molecule has 0 aliphatic carbocycles. The summed E-state index contributed by atoms with van der Waals surface area (Å²) in [5.41, 5.74) is 0.700. The monoisotopic (exact) mass is 294 g/mol. The van der Waals surface area contributed by atoms with Crippen LogP contribution >= 0.6 is 12.4 Å². The molecule has 3 rings (SSSR count). The molecule has 1 fully saturated rings. The highest BCUT2D eigenvalue weighted by Gasteiger charge is 2.20. The maximum atomic E-state index is 12.2. The molecule has 2 aromatic rings. The quantitative estimate of drug-likeness (QED) is 0.839. The van der Waals surface area contributed by atoms with Crippen LogP contribution in [0.3, 0.4) is 0 Å². The first-order valence-corrected chi connectivity index (χ1v) is 6.23. The van der Waals surface area contributed by atoms with Crippen molar-refractivity contribution in [3.63, 3.8) is 0 Å². The van der Waals surface area contributed by atoms with Gasteiger partial charge in [-0.3, -0.25) is 10.1 Å². The fourth-order valence-corrected chi connectivity index (χ4v) is 2.19. The number of carbonyl (C=O) groups is 1. The lowest BCUT2D eigenvalue weighted by molar-refractivity contribution is 0.103. The third kappa shape index (κ3) is 2.81. The number of carbonyl (C=O) groups excluding carboxylic acids is 1. The largest absolute Gasteiger partial charge is 0.508 e. The van der Waals surface area contributed by atoms with E-state index in [9.17, 15) is 9.90 Å².